The van der Waals surface area contributed by atoms with Crippen molar-refractivity contribution in [2.75, 3.05) is 54.1 Å². The molecule has 0 N–H and O–H groups in total. The number of rotatable bonds is 8. The first-order valence-corrected chi connectivity index (χ1v) is 10.1. The number of hydrogen-bond acceptors (Lipinski definition) is 5. The van der Waals surface area contributed by atoms with Gasteiger partial charge < -0.3 is 14.4 Å². The molecule has 0 bridgehead atoms. The Morgan fingerprint density at radius 3 is 2.60 bits per heavy atom. The highest BCUT2D eigenvalue weighted by Crippen LogP contribution is 2.28. The van der Waals surface area contributed by atoms with E-state index in [9.17, 15) is 8.42 Å². The van der Waals surface area contributed by atoms with Crippen molar-refractivity contribution in [1.29, 1.82) is 0 Å². The molecular weight excluding hydrogens is 340 g/mol. The van der Waals surface area contributed by atoms with E-state index in [1.165, 1.54) is 4.31 Å². The predicted molar refractivity (Wildman–Crippen MR) is 98.7 cm³/mol. The van der Waals surface area contributed by atoms with E-state index in [1.807, 2.05) is 19.9 Å². The molecule has 0 radical (unpaired) electrons. The lowest BCUT2D eigenvalue weighted by molar-refractivity contribution is 0.158. The van der Waals surface area contributed by atoms with Crippen molar-refractivity contribution in [3.8, 4) is 5.75 Å². The van der Waals surface area contributed by atoms with Gasteiger partial charge in [-0.05, 0) is 43.9 Å². The van der Waals surface area contributed by atoms with Crippen LogP contribution in [-0.4, -0.2) is 71.7 Å². The number of likely N-dealkylation sites (tertiary alicyclic amines) is 1. The van der Waals surface area contributed by atoms with Crippen molar-refractivity contribution < 1.29 is 17.9 Å². The summed E-state index contributed by atoms with van der Waals surface area (Å²) in [7, 11) is 1.40. The minimum atomic E-state index is -3.53. The Morgan fingerprint density at radius 2 is 1.96 bits per heavy atom. The molecule has 1 aliphatic heterocycles. The van der Waals surface area contributed by atoms with Gasteiger partial charge in [0.05, 0.1) is 18.6 Å². The third-order valence-electron chi connectivity index (χ3n) is 4.88. The highest BCUT2D eigenvalue weighted by atomic mass is 32.2. The standard InChI is InChI=1S/C18H30N2O4S/c1-14-10-15(2)18(11-17(14)24-5)25(21,22)19(3)12-16-6-7-20(13-16)8-9-23-4/h10-11,16H,6-9,12-13H2,1-5H3. The molecule has 1 heterocycles. The van der Waals surface area contributed by atoms with Crippen LogP contribution in [0.15, 0.2) is 17.0 Å². The first-order valence-electron chi connectivity index (χ1n) is 8.62. The summed E-state index contributed by atoms with van der Waals surface area (Å²) in [6.07, 6.45) is 1.01. The molecule has 1 atom stereocenters. The maximum Gasteiger partial charge on any atom is 0.243 e. The minimum Gasteiger partial charge on any atom is -0.496 e. The Hall–Kier alpha value is -1.15. The van der Waals surface area contributed by atoms with Crippen LogP contribution in [0.4, 0.5) is 0 Å². The van der Waals surface area contributed by atoms with E-state index >= 15 is 0 Å². The maximum absolute atomic E-state index is 13.0. The SMILES string of the molecule is COCCN1CCC(CN(C)S(=O)(=O)c2cc(OC)c(C)cc2C)C1. The Bertz CT molecular complexity index is 691. The average Bonchev–Trinajstić information content (AvgIpc) is 3.00. The fourth-order valence-corrected chi connectivity index (χ4v) is 4.89. The monoisotopic (exact) mass is 370 g/mol. The molecule has 0 spiro atoms. The second kappa shape index (κ2) is 8.49. The molecular formula is C18H30N2O4S. The number of methoxy groups -OCH3 is 2. The van der Waals surface area contributed by atoms with E-state index in [-0.39, 0.29) is 0 Å². The summed E-state index contributed by atoms with van der Waals surface area (Å²) >= 11 is 0. The van der Waals surface area contributed by atoms with Gasteiger partial charge in [-0.15, -0.1) is 0 Å². The van der Waals surface area contributed by atoms with E-state index in [0.29, 0.717) is 29.7 Å². The lowest BCUT2D eigenvalue weighted by Gasteiger charge is -2.23. The van der Waals surface area contributed by atoms with Crippen molar-refractivity contribution in [3.63, 3.8) is 0 Å². The van der Waals surface area contributed by atoms with Crippen LogP contribution in [0.2, 0.25) is 0 Å². The van der Waals surface area contributed by atoms with E-state index in [1.54, 1.807) is 27.3 Å². The summed E-state index contributed by atoms with van der Waals surface area (Å²) in [5.74, 6) is 0.952. The summed E-state index contributed by atoms with van der Waals surface area (Å²) in [6, 6.07) is 3.50. The number of benzene rings is 1. The normalized spacial score (nSPS) is 18.9. The van der Waals surface area contributed by atoms with Gasteiger partial charge in [-0.25, -0.2) is 12.7 Å². The van der Waals surface area contributed by atoms with Gasteiger partial charge in [-0.1, -0.05) is 6.07 Å². The molecule has 2 rings (SSSR count). The summed E-state index contributed by atoms with van der Waals surface area (Å²) in [5.41, 5.74) is 1.68. The number of nitrogens with zero attached hydrogens (tertiary/aromatic N) is 2. The van der Waals surface area contributed by atoms with Gasteiger partial charge in [0.25, 0.3) is 0 Å². The molecule has 142 valence electrons. The number of hydrogen-bond donors (Lipinski definition) is 0. The molecule has 1 unspecified atom stereocenters. The third-order valence-corrected chi connectivity index (χ3v) is 6.84. The largest absolute Gasteiger partial charge is 0.496 e. The topological polar surface area (TPSA) is 59.1 Å². The van der Waals surface area contributed by atoms with E-state index < -0.39 is 10.0 Å². The van der Waals surface area contributed by atoms with Crippen LogP contribution in [0.1, 0.15) is 17.5 Å². The zero-order valence-corrected chi connectivity index (χ0v) is 16.7. The van der Waals surface area contributed by atoms with Crippen LogP contribution < -0.4 is 4.74 Å². The molecule has 1 aliphatic rings. The molecule has 0 aromatic heterocycles. The van der Waals surface area contributed by atoms with E-state index in [0.717, 1.165) is 37.2 Å². The van der Waals surface area contributed by atoms with Gasteiger partial charge in [-0.2, -0.15) is 0 Å². The molecule has 0 aliphatic carbocycles. The number of aryl methyl sites for hydroxylation is 2. The summed E-state index contributed by atoms with van der Waals surface area (Å²) in [5, 5.41) is 0. The van der Waals surface area contributed by atoms with Crippen LogP contribution in [0, 0.1) is 19.8 Å². The first kappa shape index (κ1) is 20.2. The molecule has 1 aromatic rings. The van der Waals surface area contributed by atoms with Crippen molar-refractivity contribution in [2.24, 2.45) is 5.92 Å². The van der Waals surface area contributed by atoms with Gasteiger partial charge in [0.15, 0.2) is 0 Å². The van der Waals surface area contributed by atoms with Crippen LogP contribution in [-0.2, 0) is 14.8 Å². The Morgan fingerprint density at radius 1 is 1.24 bits per heavy atom. The lowest BCUT2D eigenvalue weighted by Crippen LogP contribution is -2.34. The smallest absolute Gasteiger partial charge is 0.243 e. The van der Waals surface area contributed by atoms with Gasteiger partial charge >= 0.3 is 0 Å². The molecule has 1 fully saturated rings. The van der Waals surface area contributed by atoms with Crippen LogP contribution in [0.3, 0.4) is 0 Å². The lowest BCUT2D eigenvalue weighted by atomic mass is 10.1. The zero-order chi connectivity index (χ0) is 18.6. The summed E-state index contributed by atoms with van der Waals surface area (Å²) in [4.78, 5) is 2.65. The maximum atomic E-state index is 13.0. The molecule has 25 heavy (non-hydrogen) atoms. The molecule has 0 saturated carbocycles. The quantitative estimate of drug-likeness (QED) is 0.699. The molecule has 0 amide bonds. The van der Waals surface area contributed by atoms with Crippen LogP contribution >= 0.6 is 0 Å². The average molecular weight is 371 g/mol. The van der Waals surface area contributed by atoms with Gasteiger partial charge in [0.2, 0.25) is 10.0 Å². The highest BCUT2D eigenvalue weighted by molar-refractivity contribution is 7.89. The number of sulfonamides is 1. The van der Waals surface area contributed by atoms with Gasteiger partial charge in [0, 0.05) is 39.9 Å². The highest BCUT2D eigenvalue weighted by Gasteiger charge is 2.29. The Kier molecular flexibility index (Phi) is 6.85. The van der Waals surface area contributed by atoms with Gasteiger partial charge in [0.1, 0.15) is 5.75 Å². The third kappa shape index (κ3) is 4.73. The first-order chi connectivity index (χ1) is 11.8. The predicted octanol–water partition coefficient (Wildman–Crippen LogP) is 1.90. The second-order valence-corrected chi connectivity index (χ2v) is 8.83. The van der Waals surface area contributed by atoms with Crippen molar-refractivity contribution in [1.82, 2.24) is 9.21 Å². The fraction of sp³-hybridized carbons (Fsp3) is 0.667. The van der Waals surface area contributed by atoms with Crippen LogP contribution in [0.5, 0.6) is 5.75 Å². The molecule has 7 heteroatoms. The second-order valence-electron chi connectivity index (χ2n) is 6.82. The molecule has 1 saturated heterocycles. The van der Waals surface area contributed by atoms with Gasteiger partial charge in [-0.3, -0.25) is 0 Å². The Balaban J connectivity index is 2.10. The van der Waals surface area contributed by atoms with Crippen molar-refractivity contribution in [2.45, 2.75) is 25.2 Å². The van der Waals surface area contributed by atoms with Crippen molar-refractivity contribution in [3.05, 3.63) is 23.3 Å². The Labute approximate surface area is 151 Å². The zero-order valence-electron chi connectivity index (χ0n) is 15.9. The van der Waals surface area contributed by atoms with Crippen LogP contribution in [0.25, 0.3) is 0 Å². The molecule has 1 aromatic carbocycles. The summed E-state index contributed by atoms with van der Waals surface area (Å²) < 4.78 is 37.9. The minimum absolute atomic E-state index is 0.326. The molecule has 6 nitrogen and oxygen atoms in total. The van der Waals surface area contributed by atoms with Crippen molar-refractivity contribution >= 4 is 10.0 Å². The number of ether oxygens (including phenoxy) is 2. The summed E-state index contributed by atoms with van der Waals surface area (Å²) in [6.45, 7) is 7.80. The fourth-order valence-electron chi connectivity index (χ4n) is 3.43. The van der Waals surface area contributed by atoms with E-state index in [4.69, 9.17) is 9.47 Å². The van der Waals surface area contributed by atoms with E-state index in [2.05, 4.69) is 4.90 Å².